The van der Waals surface area contributed by atoms with Crippen molar-refractivity contribution >= 4 is 25.1 Å². The number of likely N-dealkylation sites (tertiary alicyclic amines) is 1. The molecule has 2 heterocycles. The lowest BCUT2D eigenvalue weighted by atomic mass is 10.0. The lowest BCUT2D eigenvalue weighted by Crippen LogP contribution is -2.35. The zero-order chi connectivity index (χ0) is 26.4. The van der Waals surface area contributed by atoms with Gasteiger partial charge in [0, 0.05) is 30.9 Å². The first-order valence-corrected chi connectivity index (χ1v) is 14.9. The number of nitrogens with zero attached hydrogens (tertiary/aromatic N) is 3. The molecule has 4 rings (SSSR count). The molecule has 2 aliphatic rings. The highest BCUT2D eigenvalue weighted by Gasteiger charge is 2.27. The molecule has 9 heteroatoms. The fourth-order valence-corrected chi connectivity index (χ4v) is 6.67. The summed E-state index contributed by atoms with van der Waals surface area (Å²) >= 11 is 0. The van der Waals surface area contributed by atoms with Crippen molar-refractivity contribution in [3.05, 3.63) is 64.7 Å². The number of anilines is 1. The average Bonchev–Trinajstić information content (AvgIpc) is 3.38. The first-order chi connectivity index (χ1) is 17.8. The molecule has 0 aromatic heterocycles. The van der Waals surface area contributed by atoms with E-state index in [1.54, 1.807) is 0 Å². The molecule has 0 unspecified atom stereocenters. The van der Waals surface area contributed by atoms with Crippen LogP contribution in [0.4, 0.5) is 5.69 Å². The molecule has 8 nitrogen and oxygen atoms in total. The maximum atomic E-state index is 13.2. The van der Waals surface area contributed by atoms with Crippen LogP contribution >= 0.6 is 7.60 Å². The number of aryl methyl sites for hydroxylation is 1. The Morgan fingerprint density at radius 1 is 0.946 bits per heavy atom. The molecule has 0 N–H and O–H groups in total. The van der Waals surface area contributed by atoms with Crippen LogP contribution in [0.3, 0.4) is 0 Å². The molecule has 37 heavy (non-hydrogen) atoms. The highest BCUT2D eigenvalue weighted by molar-refractivity contribution is 7.53. The second-order valence-corrected chi connectivity index (χ2v) is 11.9. The molecule has 1 fully saturated rings. The Kier molecular flexibility index (Phi) is 9.19. The van der Waals surface area contributed by atoms with Gasteiger partial charge in [-0.05, 0) is 75.0 Å². The fraction of sp³-hybridized carbons (Fsp3) is 0.500. The van der Waals surface area contributed by atoms with E-state index in [1.807, 2.05) is 72.0 Å². The van der Waals surface area contributed by atoms with Crippen molar-refractivity contribution in [1.82, 2.24) is 9.80 Å². The van der Waals surface area contributed by atoms with Crippen molar-refractivity contribution in [1.29, 1.82) is 0 Å². The number of benzene rings is 2. The largest absolute Gasteiger partial charge is 0.339 e. The summed E-state index contributed by atoms with van der Waals surface area (Å²) in [6.07, 6.45) is 3.01. The quantitative estimate of drug-likeness (QED) is 0.417. The second-order valence-electron chi connectivity index (χ2n) is 9.73. The van der Waals surface area contributed by atoms with Gasteiger partial charge >= 0.3 is 7.60 Å². The number of amides is 2. The van der Waals surface area contributed by atoms with Crippen LogP contribution in [0.15, 0.2) is 42.5 Å². The summed E-state index contributed by atoms with van der Waals surface area (Å²) in [4.78, 5) is 31.6. The van der Waals surface area contributed by atoms with E-state index >= 15 is 0 Å². The van der Waals surface area contributed by atoms with Crippen molar-refractivity contribution in [3.8, 4) is 0 Å². The lowest BCUT2D eigenvalue weighted by Gasteiger charge is -2.24. The molecule has 0 saturated carbocycles. The summed E-state index contributed by atoms with van der Waals surface area (Å²) in [5.74, 6) is 0.107. The Hall–Kier alpha value is -2.51. The molecule has 0 aliphatic carbocycles. The molecule has 0 spiro atoms. The number of likely N-dealkylation sites (N-methyl/N-ethyl adjacent to an activating group) is 1. The van der Waals surface area contributed by atoms with Gasteiger partial charge in [0.05, 0.1) is 32.5 Å². The Bertz CT molecular complexity index is 1140. The first-order valence-electron chi connectivity index (χ1n) is 13.2. The predicted molar refractivity (Wildman–Crippen MR) is 145 cm³/mol. The van der Waals surface area contributed by atoms with Crippen LogP contribution < -0.4 is 4.90 Å². The van der Waals surface area contributed by atoms with Gasteiger partial charge in [-0.3, -0.25) is 19.1 Å². The van der Waals surface area contributed by atoms with Crippen LogP contribution in [0.5, 0.6) is 0 Å². The number of carbonyl (C=O) groups excluding carboxylic acids is 2. The van der Waals surface area contributed by atoms with Crippen molar-refractivity contribution < 1.29 is 23.2 Å². The van der Waals surface area contributed by atoms with Gasteiger partial charge in [0.2, 0.25) is 5.91 Å². The third-order valence-electron chi connectivity index (χ3n) is 6.84. The van der Waals surface area contributed by atoms with Crippen LogP contribution in [0.1, 0.15) is 53.7 Å². The Morgan fingerprint density at radius 3 is 2.24 bits per heavy atom. The maximum Gasteiger partial charge on any atom is 0.330 e. The van der Waals surface area contributed by atoms with E-state index in [1.165, 1.54) is 0 Å². The van der Waals surface area contributed by atoms with Crippen molar-refractivity contribution in [3.63, 3.8) is 0 Å². The molecule has 0 atom stereocenters. The van der Waals surface area contributed by atoms with Gasteiger partial charge in [-0.15, -0.1) is 0 Å². The molecular formula is C28H38N3O5P. The number of hydrogen-bond donors (Lipinski definition) is 0. The van der Waals surface area contributed by atoms with Crippen LogP contribution in [-0.2, 0) is 37.9 Å². The second kappa shape index (κ2) is 12.4. The summed E-state index contributed by atoms with van der Waals surface area (Å²) in [7, 11) is -1.18. The van der Waals surface area contributed by atoms with E-state index in [9.17, 15) is 14.2 Å². The topological polar surface area (TPSA) is 79.4 Å². The first kappa shape index (κ1) is 27.5. The summed E-state index contributed by atoms with van der Waals surface area (Å²) in [6, 6.07) is 13.7. The van der Waals surface area contributed by atoms with E-state index in [-0.39, 0.29) is 11.8 Å². The van der Waals surface area contributed by atoms with E-state index in [0.717, 1.165) is 48.3 Å². The monoisotopic (exact) mass is 527 g/mol. The minimum Gasteiger partial charge on any atom is -0.339 e. The van der Waals surface area contributed by atoms with Gasteiger partial charge in [-0.1, -0.05) is 24.3 Å². The van der Waals surface area contributed by atoms with Gasteiger partial charge in [0.1, 0.15) is 0 Å². The van der Waals surface area contributed by atoms with E-state index in [2.05, 4.69) is 6.07 Å². The molecule has 0 radical (unpaired) electrons. The minimum atomic E-state index is -3.12. The maximum absolute atomic E-state index is 13.2. The normalized spacial score (nSPS) is 16.7. The SMILES string of the molecule is CCOP(=O)(CCc1ccc2c(c1)CN(C)CC(=O)N2Cc1ccc(C(=O)N2CCCC2)cc1)OCC. The third kappa shape index (κ3) is 6.88. The average molecular weight is 528 g/mol. The van der Waals surface area contributed by atoms with Gasteiger partial charge in [0.25, 0.3) is 5.91 Å². The molecule has 0 bridgehead atoms. The number of hydrogen-bond acceptors (Lipinski definition) is 6. The van der Waals surface area contributed by atoms with Gasteiger partial charge in [-0.2, -0.15) is 0 Å². The van der Waals surface area contributed by atoms with Gasteiger partial charge in [0.15, 0.2) is 0 Å². The van der Waals surface area contributed by atoms with Crippen LogP contribution in [0, 0.1) is 0 Å². The van der Waals surface area contributed by atoms with Gasteiger partial charge in [-0.25, -0.2) is 0 Å². The molecule has 2 amide bonds. The molecule has 2 aromatic carbocycles. The van der Waals surface area contributed by atoms with Crippen molar-refractivity contribution in [2.45, 2.75) is 46.2 Å². The number of rotatable bonds is 10. The summed E-state index contributed by atoms with van der Waals surface area (Å²) in [6.45, 7) is 7.36. The van der Waals surface area contributed by atoms with Crippen LogP contribution in [0.2, 0.25) is 0 Å². The number of carbonyl (C=O) groups is 2. The Balaban J connectivity index is 1.51. The Labute approximate surface area is 220 Å². The molecular weight excluding hydrogens is 489 g/mol. The summed E-state index contributed by atoms with van der Waals surface area (Å²) in [5.41, 5.74) is 4.63. The number of fused-ring (bicyclic) bond motifs is 1. The van der Waals surface area contributed by atoms with Crippen LogP contribution in [0.25, 0.3) is 0 Å². The smallest absolute Gasteiger partial charge is 0.330 e. The zero-order valence-corrected chi connectivity index (χ0v) is 23.0. The highest BCUT2D eigenvalue weighted by atomic mass is 31.2. The van der Waals surface area contributed by atoms with E-state index in [0.29, 0.717) is 51.0 Å². The third-order valence-corrected chi connectivity index (χ3v) is 8.92. The molecule has 2 aliphatic heterocycles. The standard InChI is InChI=1S/C28H38N3O5P/c1-4-35-37(34,36-5-2)17-14-22-10-13-26-25(18-22)20-29(3)21-27(32)31(26)19-23-8-11-24(12-9-23)28(33)30-15-6-7-16-30/h8-13,18H,4-7,14-17,19-21H2,1-3H3. The van der Waals surface area contributed by atoms with Crippen molar-refractivity contribution in [2.75, 3.05) is 51.0 Å². The highest BCUT2D eigenvalue weighted by Crippen LogP contribution is 2.48. The molecule has 2 aromatic rings. The lowest BCUT2D eigenvalue weighted by molar-refractivity contribution is -0.119. The summed E-state index contributed by atoms with van der Waals surface area (Å²) in [5, 5.41) is 0. The summed E-state index contributed by atoms with van der Waals surface area (Å²) < 4.78 is 23.8. The van der Waals surface area contributed by atoms with Crippen LogP contribution in [-0.4, -0.2) is 67.7 Å². The molecule has 200 valence electrons. The van der Waals surface area contributed by atoms with Crippen molar-refractivity contribution in [2.24, 2.45) is 0 Å². The zero-order valence-electron chi connectivity index (χ0n) is 22.1. The van der Waals surface area contributed by atoms with E-state index < -0.39 is 7.60 Å². The fourth-order valence-electron chi connectivity index (χ4n) is 5.02. The molecule has 1 saturated heterocycles. The minimum absolute atomic E-state index is 0.0309. The van der Waals surface area contributed by atoms with E-state index in [4.69, 9.17) is 9.05 Å². The predicted octanol–water partition coefficient (Wildman–Crippen LogP) is 4.71. The Morgan fingerprint density at radius 2 is 1.59 bits per heavy atom. The van der Waals surface area contributed by atoms with Gasteiger partial charge < -0.3 is 18.8 Å².